The molecule has 1 unspecified atom stereocenters. The lowest BCUT2D eigenvalue weighted by atomic mass is 9.72. The molecule has 0 saturated heterocycles. The van der Waals surface area contributed by atoms with Gasteiger partial charge in [0.1, 0.15) is 0 Å². The number of hydrogen-bond donors (Lipinski definition) is 1. The Morgan fingerprint density at radius 1 is 0.923 bits per heavy atom. The predicted octanol–water partition coefficient (Wildman–Crippen LogP) is 10.4. The van der Waals surface area contributed by atoms with Gasteiger partial charge in [-0.2, -0.15) is 0 Å². The SMILES string of the molecule is C=C(C)CCCCC.CCCN(C)CCC.CCc1ccc(C)cc1.CNC1CC(C)(C)Cc2ccccc21. The summed E-state index contributed by atoms with van der Waals surface area (Å²) in [4.78, 5) is 2.36. The monoisotopic (exact) mass is 537 g/mol. The molecular weight excluding hydrogens is 472 g/mol. The highest BCUT2D eigenvalue weighted by Gasteiger charge is 2.30. The van der Waals surface area contributed by atoms with E-state index >= 15 is 0 Å². The third-order valence-corrected chi connectivity index (χ3v) is 7.15. The Bertz CT molecular complexity index is 859. The number of fused-ring (bicyclic) bond motifs is 1. The van der Waals surface area contributed by atoms with E-state index in [2.05, 4.69) is 135 Å². The molecule has 0 radical (unpaired) electrons. The van der Waals surface area contributed by atoms with Gasteiger partial charge in [-0.05, 0) is 108 Å². The number of hydrogen-bond acceptors (Lipinski definition) is 2. The van der Waals surface area contributed by atoms with Gasteiger partial charge in [-0.1, -0.05) is 114 Å². The van der Waals surface area contributed by atoms with E-state index in [1.165, 1.54) is 92.3 Å². The van der Waals surface area contributed by atoms with Crippen LogP contribution in [0.25, 0.3) is 0 Å². The van der Waals surface area contributed by atoms with Crippen molar-refractivity contribution in [3.63, 3.8) is 0 Å². The molecule has 1 aliphatic rings. The Kier molecular flexibility index (Phi) is 20.8. The first-order valence-corrected chi connectivity index (χ1v) is 15.7. The minimum Gasteiger partial charge on any atom is -0.313 e. The van der Waals surface area contributed by atoms with Crippen molar-refractivity contribution in [1.82, 2.24) is 10.2 Å². The minimum atomic E-state index is 0.433. The molecule has 0 heterocycles. The molecule has 222 valence electrons. The molecule has 1 aliphatic carbocycles. The normalized spacial score (nSPS) is 15.0. The highest BCUT2D eigenvalue weighted by atomic mass is 15.1. The van der Waals surface area contributed by atoms with Gasteiger partial charge in [0.15, 0.2) is 0 Å². The molecule has 1 N–H and O–H groups in total. The van der Waals surface area contributed by atoms with Crippen LogP contribution in [0.4, 0.5) is 0 Å². The quantitative estimate of drug-likeness (QED) is 0.240. The Hall–Kier alpha value is -1.90. The zero-order chi connectivity index (χ0) is 29.7. The largest absolute Gasteiger partial charge is 0.313 e. The average molecular weight is 537 g/mol. The van der Waals surface area contributed by atoms with Gasteiger partial charge in [0, 0.05) is 6.04 Å². The summed E-state index contributed by atoms with van der Waals surface area (Å²) in [5.74, 6) is 0. The van der Waals surface area contributed by atoms with Gasteiger partial charge in [0.2, 0.25) is 0 Å². The summed E-state index contributed by atoms with van der Waals surface area (Å²) in [5.41, 5.74) is 7.52. The van der Waals surface area contributed by atoms with Crippen molar-refractivity contribution in [3.05, 3.63) is 82.9 Å². The molecule has 0 aromatic heterocycles. The third-order valence-electron chi connectivity index (χ3n) is 7.15. The number of benzene rings is 2. The molecule has 0 fully saturated rings. The van der Waals surface area contributed by atoms with Crippen LogP contribution >= 0.6 is 0 Å². The minimum absolute atomic E-state index is 0.433. The summed E-state index contributed by atoms with van der Waals surface area (Å²) in [6.07, 6.45) is 11.3. The molecule has 2 aromatic rings. The molecule has 2 heteroatoms. The zero-order valence-corrected chi connectivity index (χ0v) is 27.6. The number of aryl methyl sites for hydroxylation is 2. The molecule has 0 bridgehead atoms. The maximum Gasteiger partial charge on any atom is 0.0325 e. The van der Waals surface area contributed by atoms with Crippen molar-refractivity contribution in [1.29, 1.82) is 0 Å². The summed E-state index contributed by atoms with van der Waals surface area (Å²) in [6, 6.07) is 18.0. The van der Waals surface area contributed by atoms with E-state index in [1.807, 2.05) is 0 Å². The van der Waals surface area contributed by atoms with Crippen LogP contribution in [0.2, 0.25) is 0 Å². The van der Waals surface area contributed by atoms with E-state index in [4.69, 9.17) is 0 Å². The number of rotatable bonds is 10. The topological polar surface area (TPSA) is 15.3 Å². The van der Waals surface area contributed by atoms with Gasteiger partial charge in [-0.15, -0.1) is 6.58 Å². The van der Waals surface area contributed by atoms with Crippen molar-refractivity contribution in [2.75, 3.05) is 27.2 Å². The van der Waals surface area contributed by atoms with Gasteiger partial charge in [0.25, 0.3) is 0 Å². The van der Waals surface area contributed by atoms with Crippen LogP contribution in [0.3, 0.4) is 0 Å². The first-order chi connectivity index (χ1) is 18.5. The Morgan fingerprint density at radius 2 is 1.51 bits per heavy atom. The Morgan fingerprint density at radius 3 is 2.00 bits per heavy atom. The molecule has 2 nitrogen and oxygen atoms in total. The van der Waals surface area contributed by atoms with E-state index in [9.17, 15) is 0 Å². The molecule has 39 heavy (non-hydrogen) atoms. The van der Waals surface area contributed by atoms with Gasteiger partial charge in [-0.3, -0.25) is 0 Å². The summed E-state index contributed by atoms with van der Waals surface area (Å²) in [6.45, 7) is 24.0. The standard InChI is InChI=1S/C13H19N.C9H12.C8H16.C7H17N/c1-13(2)8-10-6-4-5-7-11(10)12(9-13)14-3;1-3-9-6-4-8(2)5-7-9;1-4-5-6-7-8(2)3;1-4-6-8(3)7-5-2/h4-7,12,14H,8-9H2,1-3H3;4-7H,3H2,1-2H3;2,4-7H2,1,3H3;4-7H2,1-3H3. The maximum absolute atomic E-state index is 3.83. The van der Waals surface area contributed by atoms with E-state index < -0.39 is 0 Å². The second-order valence-corrected chi connectivity index (χ2v) is 12.1. The summed E-state index contributed by atoms with van der Waals surface area (Å²) in [5, 5.41) is 3.42. The lowest BCUT2D eigenvalue weighted by molar-refractivity contribution is 0.265. The number of allylic oxidation sites excluding steroid dienone is 1. The highest BCUT2D eigenvalue weighted by molar-refractivity contribution is 5.33. The van der Waals surface area contributed by atoms with Gasteiger partial charge in [-0.25, -0.2) is 0 Å². The molecule has 0 aliphatic heterocycles. The second-order valence-electron chi connectivity index (χ2n) is 12.1. The Labute approximate surface area is 244 Å². The fourth-order valence-electron chi connectivity index (χ4n) is 4.92. The van der Waals surface area contributed by atoms with Crippen LogP contribution < -0.4 is 5.32 Å². The first kappa shape index (κ1) is 37.1. The van der Waals surface area contributed by atoms with Crippen LogP contribution in [0.5, 0.6) is 0 Å². The van der Waals surface area contributed by atoms with Gasteiger partial charge in [0.05, 0.1) is 0 Å². The zero-order valence-electron chi connectivity index (χ0n) is 27.6. The van der Waals surface area contributed by atoms with E-state index in [0.717, 1.165) is 6.42 Å². The summed E-state index contributed by atoms with van der Waals surface area (Å²) >= 11 is 0. The van der Waals surface area contributed by atoms with Crippen LogP contribution in [-0.4, -0.2) is 32.1 Å². The molecule has 3 rings (SSSR count). The smallest absolute Gasteiger partial charge is 0.0325 e. The second kappa shape index (κ2) is 21.9. The van der Waals surface area contributed by atoms with Crippen molar-refractivity contribution in [3.8, 4) is 0 Å². The van der Waals surface area contributed by atoms with Gasteiger partial charge >= 0.3 is 0 Å². The lowest BCUT2D eigenvalue weighted by Gasteiger charge is -2.36. The van der Waals surface area contributed by atoms with E-state index in [-0.39, 0.29) is 0 Å². The van der Waals surface area contributed by atoms with Gasteiger partial charge < -0.3 is 10.2 Å². The predicted molar refractivity (Wildman–Crippen MR) is 178 cm³/mol. The number of unbranched alkanes of at least 4 members (excludes halogenated alkanes) is 2. The van der Waals surface area contributed by atoms with E-state index in [1.54, 1.807) is 0 Å². The molecule has 0 spiro atoms. The van der Waals surface area contributed by atoms with Crippen molar-refractivity contribution in [2.24, 2.45) is 5.41 Å². The Balaban J connectivity index is 0.000000514. The third kappa shape index (κ3) is 18.1. The van der Waals surface area contributed by atoms with E-state index in [0.29, 0.717) is 11.5 Å². The number of nitrogens with zero attached hydrogens (tertiary/aromatic N) is 1. The molecule has 0 saturated carbocycles. The fourth-order valence-corrected chi connectivity index (χ4v) is 4.92. The van der Waals surface area contributed by atoms with Crippen LogP contribution in [0.1, 0.15) is 122 Å². The average Bonchev–Trinajstić information content (AvgIpc) is 2.89. The molecular formula is C37H64N2. The number of nitrogens with one attached hydrogen (secondary N) is 1. The van der Waals surface area contributed by atoms with Crippen molar-refractivity contribution < 1.29 is 0 Å². The fraction of sp³-hybridized carbons (Fsp3) is 0.622. The molecule has 0 amide bonds. The summed E-state index contributed by atoms with van der Waals surface area (Å²) < 4.78 is 0. The van der Waals surface area contributed by atoms with Crippen LogP contribution in [-0.2, 0) is 12.8 Å². The van der Waals surface area contributed by atoms with Crippen molar-refractivity contribution >= 4 is 0 Å². The molecule has 2 aromatic carbocycles. The highest BCUT2D eigenvalue weighted by Crippen LogP contribution is 2.40. The van der Waals surface area contributed by atoms with Crippen LogP contribution in [0, 0.1) is 12.3 Å². The lowest BCUT2D eigenvalue weighted by Crippen LogP contribution is -2.31. The summed E-state index contributed by atoms with van der Waals surface area (Å²) in [7, 11) is 4.23. The molecule has 1 atom stereocenters. The first-order valence-electron chi connectivity index (χ1n) is 15.7. The van der Waals surface area contributed by atoms with Crippen LogP contribution in [0.15, 0.2) is 60.7 Å². The maximum atomic E-state index is 3.83. The van der Waals surface area contributed by atoms with Crippen molar-refractivity contribution in [2.45, 2.75) is 119 Å².